The largest absolute Gasteiger partial charge is 0.493 e. The molecule has 0 bridgehead atoms. The Bertz CT molecular complexity index is 969. The highest BCUT2D eigenvalue weighted by Gasteiger charge is 2.20. The number of rotatable bonds is 8. The lowest BCUT2D eigenvalue weighted by Gasteiger charge is -2.10. The summed E-state index contributed by atoms with van der Waals surface area (Å²) >= 11 is 3.18. The maximum Gasteiger partial charge on any atom is 0.387 e. The van der Waals surface area contributed by atoms with Crippen LogP contribution in [-0.2, 0) is 21.2 Å². The number of alkyl halides is 2. The summed E-state index contributed by atoms with van der Waals surface area (Å²) in [7, 11) is -4.17. The van der Waals surface area contributed by atoms with Gasteiger partial charge in [-0.1, -0.05) is 6.07 Å². The van der Waals surface area contributed by atoms with E-state index in [4.69, 9.17) is 4.74 Å². The highest BCUT2D eigenvalue weighted by molar-refractivity contribution is 9.10. The fraction of sp³-hybridized carbons (Fsp3) is 0.235. The van der Waals surface area contributed by atoms with E-state index in [9.17, 15) is 26.4 Å². The lowest BCUT2D eigenvalue weighted by atomic mass is 10.1. The molecule has 0 fully saturated rings. The monoisotopic (exact) mass is 481 g/mol. The number of nitrogens with one attached hydrogen (secondary N) is 1. The normalized spacial score (nSPS) is 11.4. The molecule has 0 aromatic heterocycles. The van der Waals surface area contributed by atoms with Crippen molar-refractivity contribution in [2.75, 3.05) is 6.61 Å². The van der Waals surface area contributed by atoms with Gasteiger partial charge in [-0.15, -0.1) is 0 Å². The molecule has 0 spiro atoms. The first-order chi connectivity index (χ1) is 13.1. The molecular weight excluding hydrogens is 467 g/mol. The minimum atomic E-state index is -4.17. The molecule has 1 N–H and O–H groups in total. The van der Waals surface area contributed by atoms with Crippen LogP contribution in [0.25, 0.3) is 0 Å². The Morgan fingerprint density at radius 1 is 1.18 bits per heavy atom. The summed E-state index contributed by atoms with van der Waals surface area (Å²) in [4.78, 5) is 11.9. The molecule has 0 radical (unpaired) electrons. The van der Waals surface area contributed by atoms with Crippen LogP contribution in [-0.4, -0.2) is 27.5 Å². The highest BCUT2D eigenvalue weighted by Crippen LogP contribution is 2.28. The summed E-state index contributed by atoms with van der Waals surface area (Å²) in [6.07, 6.45) is -0.483. The van der Waals surface area contributed by atoms with E-state index in [2.05, 4.69) is 20.7 Å². The fourth-order valence-corrected chi connectivity index (χ4v) is 3.85. The molecular formula is C17H15BrF3NO5S. The van der Waals surface area contributed by atoms with Crippen molar-refractivity contribution in [3.8, 4) is 11.5 Å². The van der Waals surface area contributed by atoms with E-state index in [1.54, 1.807) is 6.92 Å². The van der Waals surface area contributed by atoms with Gasteiger partial charge in [-0.3, -0.25) is 4.79 Å². The summed E-state index contributed by atoms with van der Waals surface area (Å²) < 4.78 is 74.1. The summed E-state index contributed by atoms with van der Waals surface area (Å²) in [6.45, 7) is -1.03. The third-order valence-electron chi connectivity index (χ3n) is 3.34. The van der Waals surface area contributed by atoms with E-state index in [0.29, 0.717) is 16.8 Å². The molecule has 11 heteroatoms. The zero-order valence-electron chi connectivity index (χ0n) is 14.4. The minimum Gasteiger partial charge on any atom is -0.493 e. The molecule has 0 saturated carbocycles. The van der Waals surface area contributed by atoms with E-state index in [-0.39, 0.29) is 10.5 Å². The lowest BCUT2D eigenvalue weighted by molar-refractivity contribution is -0.118. The van der Waals surface area contributed by atoms with Gasteiger partial charge in [-0.2, -0.15) is 8.78 Å². The summed E-state index contributed by atoms with van der Waals surface area (Å²) in [5.41, 5.74) is 0.0830. The molecule has 0 aliphatic rings. The average molecular weight is 482 g/mol. The molecule has 152 valence electrons. The molecule has 0 heterocycles. The van der Waals surface area contributed by atoms with E-state index < -0.39 is 40.5 Å². The number of carbonyl (C=O) groups excluding carboxylic acids is 1. The summed E-state index contributed by atoms with van der Waals surface area (Å²) in [6, 6.07) is 6.90. The first kappa shape index (κ1) is 22.0. The predicted octanol–water partition coefficient (Wildman–Crippen LogP) is 3.64. The minimum absolute atomic E-state index is 0.0830. The number of ether oxygens (including phenoxy) is 2. The molecule has 2 aromatic carbocycles. The first-order valence-corrected chi connectivity index (χ1v) is 10.1. The first-order valence-electron chi connectivity index (χ1n) is 7.83. The number of sulfonamides is 1. The molecule has 0 saturated heterocycles. The van der Waals surface area contributed by atoms with Crippen molar-refractivity contribution in [3.05, 3.63) is 52.3 Å². The quantitative estimate of drug-likeness (QED) is 0.622. The molecule has 28 heavy (non-hydrogen) atoms. The number of hydrogen-bond acceptors (Lipinski definition) is 5. The maximum absolute atomic E-state index is 13.7. The molecule has 2 aromatic rings. The van der Waals surface area contributed by atoms with Gasteiger partial charge < -0.3 is 9.47 Å². The van der Waals surface area contributed by atoms with Crippen molar-refractivity contribution >= 4 is 31.9 Å². The van der Waals surface area contributed by atoms with Gasteiger partial charge in [0.1, 0.15) is 5.75 Å². The van der Waals surface area contributed by atoms with E-state index in [1.807, 2.05) is 4.72 Å². The van der Waals surface area contributed by atoms with Gasteiger partial charge in [0.15, 0.2) is 11.6 Å². The Kier molecular flexibility index (Phi) is 7.30. The Hall–Kier alpha value is -2.27. The van der Waals surface area contributed by atoms with Crippen molar-refractivity contribution in [1.82, 2.24) is 4.72 Å². The fourth-order valence-electron chi connectivity index (χ4n) is 2.20. The Balaban J connectivity index is 2.09. The van der Waals surface area contributed by atoms with E-state index >= 15 is 0 Å². The van der Waals surface area contributed by atoms with E-state index in [1.165, 1.54) is 24.3 Å². The Morgan fingerprint density at radius 2 is 1.86 bits per heavy atom. The summed E-state index contributed by atoms with van der Waals surface area (Å²) in [5.74, 6) is -2.25. The van der Waals surface area contributed by atoms with Gasteiger partial charge in [-0.05, 0) is 58.7 Å². The van der Waals surface area contributed by atoms with Crippen molar-refractivity contribution in [2.45, 2.75) is 24.9 Å². The predicted molar refractivity (Wildman–Crippen MR) is 97.4 cm³/mol. The van der Waals surface area contributed by atoms with Crippen molar-refractivity contribution < 1.29 is 35.9 Å². The van der Waals surface area contributed by atoms with Gasteiger partial charge in [0.2, 0.25) is 5.91 Å². The van der Waals surface area contributed by atoms with Gasteiger partial charge >= 0.3 is 6.61 Å². The van der Waals surface area contributed by atoms with Gasteiger partial charge in [0.25, 0.3) is 10.0 Å². The van der Waals surface area contributed by atoms with Crippen LogP contribution in [0.1, 0.15) is 12.5 Å². The second-order valence-electron chi connectivity index (χ2n) is 5.37. The molecule has 2 rings (SSSR count). The number of hydrogen-bond donors (Lipinski definition) is 1. The van der Waals surface area contributed by atoms with Crippen molar-refractivity contribution in [2.24, 2.45) is 0 Å². The average Bonchev–Trinajstić information content (AvgIpc) is 2.58. The molecule has 0 aliphatic carbocycles. The number of carbonyl (C=O) groups is 1. The SMILES string of the molecule is CCOc1ccc(S(=O)(=O)NC(=O)Cc2ccc(OC(F)F)c(F)c2)cc1Br. The number of benzene rings is 2. The molecule has 6 nitrogen and oxygen atoms in total. The van der Waals surface area contributed by atoms with Crippen molar-refractivity contribution in [1.29, 1.82) is 0 Å². The van der Waals surface area contributed by atoms with Crippen LogP contribution in [0.15, 0.2) is 45.8 Å². The van der Waals surface area contributed by atoms with E-state index in [0.717, 1.165) is 12.1 Å². The smallest absolute Gasteiger partial charge is 0.387 e. The van der Waals surface area contributed by atoms with Gasteiger partial charge in [0.05, 0.1) is 22.4 Å². The zero-order valence-corrected chi connectivity index (χ0v) is 16.8. The highest BCUT2D eigenvalue weighted by atomic mass is 79.9. The third-order valence-corrected chi connectivity index (χ3v) is 5.33. The van der Waals surface area contributed by atoms with Crippen LogP contribution >= 0.6 is 15.9 Å². The molecule has 0 unspecified atom stereocenters. The van der Waals surface area contributed by atoms with Crippen LogP contribution in [0.4, 0.5) is 13.2 Å². The molecule has 0 atom stereocenters. The maximum atomic E-state index is 13.7. The lowest BCUT2D eigenvalue weighted by Crippen LogP contribution is -2.31. The second-order valence-corrected chi connectivity index (χ2v) is 7.91. The van der Waals surface area contributed by atoms with Crippen LogP contribution in [0.2, 0.25) is 0 Å². The standard InChI is InChI=1S/C17H15BrF3NO5S/c1-2-26-14-6-4-11(9-12(14)18)28(24,25)22-16(23)8-10-3-5-15(13(19)7-10)27-17(20)21/h3-7,9,17H,2,8H2,1H3,(H,22,23). The van der Waals surface area contributed by atoms with Crippen molar-refractivity contribution in [3.63, 3.8) is 0 Å². The van der Waals surface area contributed by atoms with Crippen LogP contribution < -0.4 is 14.2 Å². The number of amides is 1. The van der Waals surface area contributed by atoms with Gasteiger partial charge in [-0.25, -0.2) is 17.5 Å². The Morgan fingerprint density at radius 3 is 2.43 bits per heavy atom. The summed E-state index contributed by atoms with van der Waals surface area (Å²) in [5, 5.41) is 0. The van der Waals surface area contributed by atoms with Crippen LogP contribution in [0.5, 0.6) is 11.5 Å². The van der Waals surface area contributed by atoms with Crippen LogP contribution in [0, 0.1) is 5.82 Å². The second kappa shape index (κ2) is 9.28. The zero-order chi connectivity index (χ0) is 20.9. The molecule has 0 aliphatic heterocycles. The van der Waals surface area contributed by atoms with Gasteiger partial charge in [0, 0.05) is 0 Å². The number of halogens is 4. The topological polar surface area (TPSA) is 81.7 Å². The molecule has 1 amide bonds. The third kappa shape index (κ3) is 5.86. The Labute approximate surface area is 167 Å². The van der Waals surface area contributed by atoms with Crippen LogP contribution in [0.3, 0.4) is 0 Å².